The summed E-state index contributed by atoms with van der Waals surface area (Å²) in [6.45, 7) is 0. The van der Waals surface area contributed by atoms with Gasteiger partial charge >= 0.3 is 0 Å². The summed E-state index contributed by atoms with van der Waals surface area (Å²) in [6.07, 6.45) is 6.20. The number of pyridine rings is 1. The first-order valence-electron chi connectivity index (χ1n) is 5.62. The van der Waals surface area contributed by atoms with Crippen LogP contribution in [0.5, 0.6) is 0 Å². The molecule has 84 valence electrons. The van der Waals surface area contributed by atoms with E-state index in [1.54, 1.807) is 6.20 Å². The van der Waals surface area contributed by atoms with E-state index in [9.17, 15) is 4.79 Å². The number of thioether (sulfide) groups is 1. The third-order valence-electron chi connectivity index (χ3n) is 3.17. The average molecular weight is 234 g/mol. The molecule has 3 rings (SSSR count). The molecule has 0 radical (unpaired) electrons. The fourth-order valence-corrected chi connectivity index (χ4v) is 3.51. The quantitative estimate of drug-likeness (QED) is 0.822. The van der Waals surface area contributed by atoms with Crippen LogP contribution < -0.4 is 5.56 Å². The average Bonchev–Trinajstić information content (AvgIpc) is 2.75. The highest BCUT2D eigenvalue weighted by Gasteiger charge is 2.17. The van der Waals surface area contributed by atoms with E-state index >= 15 is 0 Å². The standard InChI is InChI=1S/C12H14N2OS/c15-12-11-9(3-5-13-12)4-6-14(11)10-2-1-7-16-8-10/h3-6,10H,1-2,7-8H2,(H,13,15). The summed E-state index contributed by atoms with van der Waals surface area (Å²) in [5.74, 6) is 2.38. The molecule has 1 saturated heterocycles. The van der Waals surface area contributed by atoms with E-state index < -0.39 is 0 Å². The van der Waals surface area contributed by atoms with Crippen LogP contribution in [0.4, 0.5) is 0 Å². The Morgan fingerprint density at radius 3 is 3.19 bits per heavy atom. The van der Waals surface area contributed by atoms with Gasteiger partial charge in [0, 0.05) is 29.6 Å². The molecule has 1 aliphatic heterocycles. The van der Waals surface area contributed by atoms with E-state index in [4.69, 9.17) is 0 Å². The van der Waals surface area contributed by atoms with Crippen LogP contribution in [-0.4, -0.2) is 21.1 Å². The van der Waals surface area contributed by atoms with Crippen molar-refractivity contribution in [2.24, 2.45) is 0 Å². The zero-order valence-corrected chi connectivity index (χ0v) is 9.80. The van der Waals surface area contributed by atoms with Gasteiger partial charge in [-0.05, 0) is 30.7 Å². The van der Waals surface area contributed by atoms with Gasteiger partial charge in [0.25, 0.3) is 5.56 Å². The second-order valence-electron chi connectivity index (χ2n) is 4.20. The smallest absolute Gasteiger partial charge is 0.272 e. The molecular formula is C12H14N2OS. The van der Waals surface area contributed by atoms with E-state index in [1.165, 1.54) is 18.6 Å². The first kappa shape index (κ1) is 10.0. The fraction of sp³-hybridized carbons (Fsp3) is 0.417. The van der Waals surface area contributed by atoms with Gasteiger partial charge < -0.3 is 9.55 Å². The van der Waals surface area contributed by atoms with Gasteiger partial charge in [-0.15, -0.1) is 0 Å². The van der Waals surface area contributed by atoms with Gasteiger partial charge in [-0.1, -0.05) is 0 Å². The maximum Gasteiger partial charge on any atom is 0.272 e. The molecule has 0 saturated carbocycles. The third kappa shape index (κ3) is 1.57. The van der Waals surface area contributed by atoms with Gasteiger partial charge in [-0.2, -0.15) is 11.8 Å². The lowest BCUT2D eigenvalue weighted by atomic mass is 10.2. The van der Waals surface area contributed by atoms with Crippen molar-refractivity contribution in [3.63, 3.8) is 0 Å². The Balaban J connectivity index is 2.12. The van der Waals surface area contributed by atoms with E-state index in [0.717, 1.165) is 16.7 Å². The molecule has 0 spiro atoms. The van der Waals surface area contributed by atoms with Crippen molar-refractivity contribution in [3.05, 3.63) is 34.9 Å². The number of H-pyrrole nitrogens is 1. The highest BCUT2D eigenvalue weighted by molar-refractivity contribution is 7.99. The predicted molar refractivity (Wildman–Crippen MR) is 68.2 cm³/mol. The summed E-state index contributed by atoms with van der Waals surface area (Å²) >= 11 is 1.98. The predicted octanol–water partition coefficient (Wildman–Crippen LogP) is 2.40. The normalized spacial score (nSPS) is 21.4. The molecule has 16 heavy (non-hydrogen) atoms. The number of rotatable bonds is 1. The molecule has 0 aromatic carbocycles. The fourth-order valence-electron chi connectivity index (χ4n) is 2.37. The molecule has 1 N–H and O–H groups in total. The van der Waals surface area contributed by atoms with E-state index in [1.807, 2.05) is 23.9 Å². The molecule has 4 heteroatoms. The lowest BCUT2D eigenvalue weighted by Crippen LogP contribution is -2.19. The number of aromatic amines is 1. The Labute approximate surface area is 97.9 Å². The first-order chi connectivity index (χ1) is 7.86. The molecule has 1 aliphatic rings. The van der Waals surface area contributed by atoms with Crippen LogP contribution in [0.15, 0.2) is 29.3 Å². The molecule has 2 aromatic rings. The van der Waals surface area contributed by atoms with Crippen molar-refractivity contribution in [2.75, 3.05) is 11.5 Å². The number of nitrogens with zero attached hydrogens (tertiary/aromatic N) is 1. The Hall–Kier alpha value is -1.16. The van der Waals surface area contributed by atoms with Gasteiger partial charge in [0.15, 0.2) is 0 Å². The molecule has 3 nitrogen and oxygen atoms in total. The number of aromatic nitrogens is 2. The van der Waals surface area contributed by atoms with Gasteiger partial charge in [-0.3, -0.25) is 4.79 Å². The molecule has 0 amide bonds. The number of fused-ring (bicyclic) bond motifs is 1. The van der Waals surface area contributed by atoms with Crippen molar-refractivity contribution in [3.8, 4) is 0 Å². The van der Waals surface area contributed by atoms with Crippen LogP contribution >= 0.6 is 11.8 Å². The minimum atomic E-state index is 0.0260. The van der Waals surface area contributed by atoms with Crippen LogP contribution in [0.2, 0.25) is 0 Å². The lowest BCUT2D eigenvalue weighted by molar-refractivity contribution is 0.513. The molecular weight excluding hydrogens is 220 g/mol. The number of nitrogens with one attached hydrogen (secondary N) is 1. The van der Waals surface area contributed by atoms with Crippen molar-refractivity contribution < 1.29 is 0 Å². The topological polar surface area (TPSA) is 37.8 Å². The van der Waals surface area contributed by atoms with Crippen LogP contribution in [0.1, 0.15) is 18.9 Å². The SMILES string of the molecule is O=c1[nH]ccc2ccn(C3CCCSC3)c12. The van der Waals surface area contributed by atoms with Gasteiger partial charge in [0.1, 0.15) is 5.52 Å². The van der Waals surface area contributed by atoms with E-state index in [2.05, 4.69) is 15.7 Å². The number of hydrogen-bond donors (Lipinski definition) is 1. The molecule has 2 aromatic heterocycles. The van der Waals surface area contributed by atoms with Crippen LogP contribution in [-0.2, 0) is 0 Å². The van der Waals surface area contributed by atoms with Crippen molar-refractivity contribution >= 4 is 22.7 Å². The minimum absolute atomic E-state index is 0.0260. The summed E-state index contributed by atoms with van der Waals surface area (Å²) in [5.41, 5.74) is 0.855. The third-order valence-corrected chi connectivity index (χ3v) is 4.37. The van der Waals surface area contributed by atoms with Gasteiger partial charge in [0.05, 0.1) is 0 Å². The lowest BCUT2D eigenvalue weighted by Gasteiger charge is -2.23. The Bertz CT molecular complexity index is 551. The molecule has 3 heterocycles. The Morgan fingerprint density at radius 1 is 1.44 bits per heavy atom. The molecule has 1 unspecified atom stereocenters. The Morgan fingerprint density at radius 2 is 2.38 bits per heavy atom. The second kappa shape index (κ2) is 4.01. The first-order valence-corrected chi connectivity index (χ1v) is 6.78. The highest BCUT2D eigenvalue weighted by atomic mass is 32.2. The summed E-state index contributed by atoms with van der Waals surface area (Å²) in [6, 6.07) is 4.48. The summed E-state index contributed by atoms with van der Waals surface area (Å²) < 4.78 is 2.15. The second-order valence-corrected chi connectivity index (χ2v) is 5.35. The molecule has 0 bridgehead atoms. The van der Waals surface area contributed by atoms with Crippen LogP contribution in [0.3, 0.4) is 0 Å². The maximum absolute atomic E-state index is 11.8. The summed E-state index contributed by atoms with van der Waals surface area (Å²) in [4.78, 5) is 14.6. The summed E-state index contributed by atoms with van der Waals surface area (Å²) in [7, 11) is 0. The van der Waals surface area contributed by atoms with E-state index in [-0.39, 0.29) is 5.56 Å². The number of hydrogen-bond acceptors (Lipinski definition) is 2. The molecule has 1 fully saturated rings. The van der Waals surface area contributed by atoms with Crippen LogP contribution in [0, 0.1) is 0 Å². The maximum atomic E-state index is 11.8. The summed E-state index contributed by atoms with van der Waals surface area (Å²) in [5, 5.41) is 1.04. The molecule has 0 aliphatic carbocycles. The van der Waals surface area contributed by atoms with Crippen molar-refractivity contribution in [1.82, 2.24) is 9.55 Å². The van der Waals surface area contributed by atoms with Gasteiger partial charge in [-0.25, -0.2) is 0 Å². The van der Waals surface area contributed by atoms with E-state index in [0.29, 0.717) is 6.04 Å². The molecule has 1 atom stereocenters. The zero-order chi connectivity index (χ0) is 11.0. The Kier molecular flexibility index (Phi) is 2.52. The monoisotopic (exact) mass is 234 g/mol. The van der Waals surface area contributed by atoms with Crippen molar-refractivity contribution in [2.45, 2.75) is 18.9 Å². The zero-order valence-electron chi connectivity index (χ0n) is 8.98. The van der Waals surface area contributed by atoms with Crippen molar-refractivity contribution in [1.29, 1.82) is 0 Å². The van der Waals surface area contributed by atoms with Crippen LogP contribution in [0.25, 0.3) is 10.9 Å². The van der Waals surface area contributed by atoms with Gasteiger partial charge in [0.2, 0.25) is 0 Å². The minimum Gasteiger partial charge on any atom is -0.339 e. The highest BCUT2D eigenvalue weighted by Crippen LogP contribution is 2.29. The largest absolute Gasteiger partial charge is 0.339 e.